The third-order valence-electron chi connectivity index (χ3n) is 3.66. The summed E-state index contributed by atoms with van der Waals surface area (Å²) in [7, 11) is 0. The zero-order valence-electron chi connectivity index (χ0n) is 12.2. The number of nitrogens with zero attached hydrogens (tertiary/aromatic N) is 1. The van der Waals surface area contributed by atoms with Crippen molar-refractivity contribution in [3.8, 4) is 0 Å². The Labute approximate surface area is 115 Å². The van der Waals surface area contributed by atoms with Gasteiger partial charge in [0.2, 0.25) is 0 Å². The number of aryl methyl sites for hydroxylation is 2. The van der Waals surface area contributed by atoms with Gasteiger partial charge in [0.05, 0.1) is 5.56 Å². The van der Waals surface area contributed by atoms with Crippen molar-refractivity contribution < 1.29 is 9.21 Å². The van der Waals surface area contributed by atoms with Gasteiger partial charge in [0, 0.05) is 19.1 Å². The molecule has 1 N–H and O–H groups in total. The molecule has 1 aromatic rings. The van der Waals surface area contributed by atoms with E-state index in [0.717, 1.165) is 44.0 Å². The van der Waals surface area contributed by atoms with E-state index in [0.29, 0.717) is 11.6 Å². The summed E-state index contributed by atoms with van der Waals surface area (Å²) < 4.78 is 5.47. The summed E-state index contributed by atoms with van der Waals surface area (Å²) in [4.78, 5) is 14.6. The summed E-state index contributed by atoms with van der Waals surface area (Å²) in [6, 6.07) is 2.30. The van der Waals surface area contributed by atoms with Crippen LogP contribution in [0.15, 0.2) is 10.5 Å². The van der Waals surface area contributed by atoms with Gasteiger partial charge in [-0.25, -0.2) is 0 Å². The van der Waals surface area contributed by atoms with Gasteiger partial charge in [0.1, 0.15) is 11.5 Å². The lowest BCUT2D eigenvalue weighted by atomic mass is 10.1. The summed E-state index contributed by atoms with van der Waals surface area (Å²) in [5.74, 6) is 1.63. The third kappa shape index (κ3) is 3.38. The molecule has 1 aliphatic heterocycles. The molecule has 19 heavy (non-hydrogen) atoms. The second-order valence-corrected chi connectivity index (χ2v) is 5.37. The number of rotatable bonds is 5. The zero-order valence-corrected chi connectivity index (χ0v) is 12.2. The van der Waals surface area contributed by atoms with E-state index in [1.54, 1.807) is 0 Å². The molecule has 4 nitrogen and oxygen atoms in total. The fraction of sp³-hybridized carbons (Fsp3) is 0.667. The average Bonchev–Trinajstić information content (AvgIpc) is 2.97. The van der Waals surface area contributed by atoms with Gasteiger partial charge in [-0.3, -0.25) is 4.79 Å². The first-order chi connectivity index (χ1) is 9.11. The maximum absolute atomic E-state index is 12.6. The monoisotopic (exact) mass is 264 g/mol. The number of hydrogen-bond acceptors (Lipinski definition) is 3. The largest absolute Gasteiger partial charge is 0.466 e. The standard InChI is InChI=1S/C15H24N2O2/c1-4-8-17(10-13-6-5-7-16-13)15(18)14-9-11(2)19-12(14)3/h9,13,16H,4-8,10H2,1-3H3. The molecule has 1 amide bonds. The van der Waals surface area contributed by atoms with E-state index in [2.05, 4.69) is 12.2 Å². The highest BCUT2D eigenvalue weighted by Gasteiger charge is 2.24. The predicted octanol–water partition coefficient (Wildman–Crippen LogP) is 2.50. The van der Waals surface area contributed by atoms with Crippen LogP contribution in [-0.2, 0) is 0 Å². The molecule has 1 aromatic heterocycles. The molecule has 2 rings (SSSR count). The first-order valence-corrected chi connectivity index (χ1v) is 7.21. The van der Waals surface area contributed by atoms with E-state index in [1.165, 1.54) is 6.42 Å². The Balaban J connectivity index is 2.08. The van der Waals surface area contributed by atoms with Crippen molar-refractivity contribution in [2.45, 2.75) is 46.1 Å². The maximum atomic E-state index is 12.6. The van der Waals surface area contributed by atoms with E-state index in [9.17, 15) is 4.79 Å². The number of hydrogen-bond donors (Lipinski definition) is 1. The quantitative estimate of drug-likeness (QED) is 0.888. The summed E-state index contributed by atoms with van der Waals surface area (Å²) >= 11 is 0. The molecule has 2 heterocycles. The van der Waals surface area contributed by atoms with Gasteiger partial charge in [-0.15, -0.1) is 0 Å². The van der Waals surface area contributed by atoms with Gasteiger partial charge >= 0.3 is 0 Å². The van der Waals surface area contributed by atoms with Gasteiger partial charge in [-0.05, 0) is 45.7 Å². The number of nitrogens with one attached hydrogen (secondary N) is 1. The SMILES string of the molecule is CCCN(CC1CCCN1)C(=O)c1cc(C)oc1C. The molecule has 1 aliphatic rings. The molecule has 0 radical (unpaired) electrons. The molecule has 0 aliphatic carbocycles. The lowest BCUT2D eigenvalue weighted by Crippen LogP contribution is -2.41. The number of carbonyl (C=O) groups is 1. The van der Waals surface area contributed by atoms with Gasteiger partial charge in [0.15, 0.2) is 0 Å². The highest BCUT2D eigenvalue weighted by atomic mass is 16.3. The Morgan fingerprint density at radius 1 is 1.53 bits per heavy atom. The first kappa shape index (κ1) is 14.1. The van der Waals surface area contributed by atoms with Crippen LogP contribution in [0.1, 0.15) is 48.1 Å². The highest BCUT2D eigenvalue weighted by molar-refractivity contribution is 5.95. The molecule has 0 saturated carbocycles. The minimum Gasteiger partial charge on any atom is -0.466 e. The number of furan rings is 1. The Morgan fingerprint density at radius 3 is 2.84 bits per heavy atom. The molecule has 0 spiro atoms. The van der Waals surface area contributed by atoms with Crippen molar-refractivity contribution in [1.29, 1.82) is 0 Å². The third-order valence-corrected chi connectivity index (χ3v) is 3.66. The van der Waals surface area contributed by atoms with Crippen molar-refractivity contribution in [3.63, 3.8) is 0 Å². The molecular weight excluding hydrogens is 240 g/mol. The number of amides is 1. The van der Waals surface area contributed by atoms with Gasteiger partial charge in [-0.2, -0.15) is 0 Å². The highest BCUT2D eigenvalue weighted by Crippen LogP contribution is 2.17. The van der Waals surface area contributed by atoms with Crippen molar-refractivity contribution in [2.24, 2.45) is 0 Å². The summed E-state index contributed by atoms with van der Waals surface area (Å²) in [5, 5.41) is 3.45. The average molecular weight is 264 g/mol. The molecule has 1 atom stereocenters. The van der Waals surface area contributed by atoms with E-state index < -0.39 is 0 Å². The minimum absolute atomic E-state index is 0.102. The van der Waals surface area contributed by atoms with Crippen LogP contribution >= 0.6 is 0 Å². The number of carbonyl (C=O) groups excluding carboxylic acids is 1. The van der Waals surface area contributed by atoms with Crippen LogP contribution in [-0.4, -0.2) is 36.5 Å². The van der Waals surface area contributed by atoms with E-state index in [4.69, 9.17) is 4.42 Å². The topological polar surface area (TPSA) is 45.5 Å². The molecule has 1 fully saturated rings. The smallest absolute Gasteiger partial charge is 0.257 e. The minimum atomic E-state index is 0.102. The van der Waals surface area contributed by atoms with Crippen LogP contribution in [0.4, 0.5) is 0 Å². The molecular formula is C15H24N2O2. The van der Waals surface area contributed by atoms with Crippen molar-refractivity contribution in [3.05, 3.63) is 23.2 Å². The zero-order chi connectivity index (χ0) is 13.8. The molecule has 0 bridgehead atoms. The Kier molecular flexibility index (Phi) is 4.64. The maximum Gasteiger partial charge on any atom is 0.257 e. The van der Waals surface area contributed by atoms with E-state index in [1.807, 2.05) is 24.8 Å². The van der Waals surface area contributed by atoms with Gasteiger partial charge in [0.25, 0.3) is 5.91 Å². The Bertz CT molecular complexity index is 433. The molecule has 106 valence electrons. The normalized spacial score (nSPS) is 18.8. The lowest BCUT2D eigenvalue weighted by Gasteiger charge is -2.25. The van der Waals surface area contributed by atoms with Crippen LogP contribution in [0.5, 0.6) is 0 Å². The summed E-state index contributed by atoms with van der Waals surface area (Å²) in [6.07, 6.45) is 3.36. The van der Waals surface area contributed by atoms with Crippen molar-refractivity contribution in [1.82, 2.24) is 10.2 Å². The summed E-state index contributed by atoms with van der Waals surface area (Å²) in [5.41, 5.74) is 0.712. The molecule has 1 unspecified atom stereocenters. The molecule has 0 aromatic carbocycles. The molecule has 4 heteroatoms. The van der Waals surface area contributed by atoms with Crippen LogP contribution < -0.4 is 5.32 Å². The van der Waals surface area contributed by atoms with Crippen LogP contribution in [0.25, 0.3) is 0 Å². The lowest BCUT2D eigenvalue weighted by molar-refractivity contribution is 0.0740. The van der Waals surface area contributed by atoms with Crippen LogP contribution in [0, 0.1) is 13.8 Å². The fourth-order valence-corrected chi connectivity index (χ4v) is 2.74. The Hall–Kier alpha value is -1.29. The summed E-state index contributed by atoms with van der Waals surface area (Å²) in [6.45, 7) is 8.53. The fourth-order valence-electron chi connectivity index (χ4n) is 2.74. The van der Waals surface area contributed by atoms with E-state index in [-0.39, 0.29) is 5.91 Å². The Morgan fingerprint density at radius 2 is 2.32 bits per heavy atom. The second-order valence-electron chi connectivity index (χ2n) is 5.37. The second kappa shape index (κ2) is 6.24. The van der Waals surface area contributed by atoms with E-state index >= 15 is 0 Å². The van der Waals surface area contributed by atoms with Crippen molar-refractivity contribution >= 4 is 5.91 Å². The van der Waals surface area contributed by atoms with Gasteiger partial charge < -0.3 is 14.6 Å². The van der Waals surface area contributed by atoms with Crippen LogP contribution in [0.3, 0.4) is 0 Å². The van der Waals surface area contributed by atoms with Crippen LogP contribution in [0.2, 0.25) is 0 Å². The predicted molar refractivity (Wildman–Crippen MR) is 75.4 cm³/mol. The van der Waals surface area contributed by atoms with Crippen molar-refractivity contribution in [2.75, 3.05) is 19.6 Å². The van der Waals surface area contributed by atoms with Gasteiger partial charge in [-0.1, -0.05) is 6.92 Å². The first-order valence-electron chi connectivity index (χ1n) is 7.21. The molecule has 1 saturated heterocycles.